The van der Waals surface area contributed by atoms with Gasteiger partial charge in [-0.15, -0.1) is 0 Å². The third kappa shape index (κ3) is 2.89. The molecule has 0 heterocycles. The Kier molecular flexibility index (Phi) is 4.03. The zero-order chi connectivity index (χ0) is 8.85. The maximum Gasteiger partial charge on any atom is 0.196 e. The Morgan fingerprint density at radius 1 is 1.55 bits per heavy atom. The van der Waals surface area contributed by atoms with Gasteiger partial charge < -0.3 is 10.5 Å². The maximum atomic E-state index is 10.8. The second-order valence-corrected chi connectivity index (χ2v) is 2.04. The fourth-order valence-corrected chi connectivity index (χ4v) is 0.720. The maximum absolute atomic E-state index is 10.8. The summed E-state index contributed by atoms with van der Waals surface area (Å²) in [6, 6.07) is 0. The van der Waals surface area contributed by atoms with Crippen molar-refractivity contribution in [1.29, 1.82) is 0 Å². The van der Waals surface area contributed by atoms with Gasteiger partial charge in [-0.2, -0.15) is 0 Å². The van der Waals surface area contributed by atoms with Gasteiger partial charge in [0.25, 0.3) is 0 Å². The Morgan fingerprint density at radius 2 is 2.09 bits per heavy atom. The van der Waals surface area contributed by atoms with Crippen LogP contribution in [0.2, 0.25) is 0 Å². The Balaban J connectivity index is 4.67. The standard InChI is InChI=1S/C8H13NO2/c1-4-5-7(9)8(11-3)6(2)10/h4-5H,9H2,1-3H3/b5-4-,8-7-. The average Bonchev–Trinajstić information content (AvgIpc) is 1.88. The molecular weight excluding hydrogens is 142 g/mol. The molecule has 0 aliphatic carbocycles. The summed E-state index contributed by atoms with van der Waals surface area (Å²) in [6.45, 7) is 3.23. The third-order valence-electron chi connectivity index (χ3n) is 1.13. The second-order valence-electron chi connectivity index (χ2n) is 2.04. The van der Waals surface area contributed by atoms with Gasteiger partial charge in [0.15, 0.2) is 11.5 Å². The van der Waals surface area contributed by atoms with E-state index in [1.807, 2.05) is 6.92 Å². The first-order valence-electron chi connectivity index (χ1n) is 3.30. The first-order valence-corrected chi connectivity index (χ1v) is 3.30. The Hall–Kier alpha value is -1.25. The zero-order valence-electron chi connectivity index (χ0n) is 7.05. The molecule has 0 rings (SSSR count). The van der Waals surface area contributed by atoms with Crippen LogP contribution >= 0.6 is 0 Å². The van der Waals surface area contributed by atoms with E-state index in [1.54, 1.807) is 12.2 Å². The normalized spacial score (nSPS) is 13.0. The zero-order valence-corrected chi connectivity index (χ0v) is 7.05. The predicted octanol–water partition coefficient (Wildman–Crippen LogP) is 0.968. The van der Waals surface area contributed by atoms with Crippen molar-refractivity contribution in [3.63, 3.8) is 0 Å². The molecule has 0 aromatic carbocycles. The quantitative estimate of drug-likeness (QED) is 0.375. The lowest BCUT2D eigenvalue weighted by Crippen LogP contribution is -2.08. The third-order valence-corrected chi connectivity index (χ3v) is 1.13. The first-order chi connectivity index (χ1) is 5.13. The summed E-state index contributed by atoms with van der Waals surface area (Å²) in [6.07, 6.45) is 3.37. The van der Waals surface area contributed by atoms with Crippen LogP contribution in [0, 0.1) is 0 Å². The average molecular weight is 155 g/mol. The van der Waals surface area contributed by atoms with Gasteiger partial charge in [-0.3, -0.25) is 4.79 Å². The fraction of sp³-hybridized carbons (Fsp3) is 0.375. The second kappa shape index (κ2) is 4.55. The molecule has 2 N–H and O–H groups in total. The summed E-state index contributed by atoms with van der Waals surface area (Å²) < 4.78 is 4.78. The van der Waals surface area contributed by atoms with Gasteiger partial charge in [0.2, 0.25) is 0 Å². The van der Waals surface area contributed by atoms with E-state index in [-0.39, 0.29) is 11.5 Å². The van der Waals surface area contributed by atoms with Crippen LogP contribution in [0.4, 0.5) is 0 Å². The van der Waals surface area contributed by atoms with E-state index < -0.39 is 0 Å². The molecule has 0 aromatic heterocycles. The number of carbonyl (C=O) groups excluding carboxylic acids is 1. The van der Waals surface area contributed by atoms with Gasteiger partial charge in [0.05, 0.1) is 12.8 Å². The Bertz CT molecular complexity index is 204. The minimum atomic E-state index is -0.164. The smallest absolute Gasteiger partial charge is 0.196 e. The van der Waals surface area contributed by atoms with E-state index in [2.05, 4.69) is 0 Å². The molecule has 0 aromatic rings. The van der Waals surface area contributed by atoms with E-state index in [0.29, 0.717) is 5.70 Å². The Labute approximate surface area is 66.5 Å². The highest BCUT2D eigenvalue weighted by atomic mass is 16.5. The number of hydrogen-bond donors (Lipinski definition) is 1. The van der Waals surface area contributed by atoms with Crippen LogP contribution in [0.1, 0.15) is 13.8 Å². The molecule has 0 atom stereocenters. The lowest BCUT2D eigenvalue weighted by molar-refractivity contribution is -0.116. The number of ether oxygens (including phenoxy) is 1. The van der Waals surface area contributed by atoms with Crippen molar-refractivity contribution in [2.24, 2.45) is 5.73 Å². The molecule has 0 spiro atoms. The molecule has 0 aliphatic heterocycles. The number of hydrogen-bond acceptors (Lipinski definition) is 3. The molecule has 0 saturated carbocycles. The van der Waals surface area contributed by atoms with Crippen LogP contribution in [0.3, 0.4) is 0 Å². The highest BCUT2D eigenvalue weighted by Gasteiger charge is 2.05. The molecule has 62 valence electrons. The van der Waals surface area contributed by atoms with Crippen molar-refractivity contribution in [1.82, 2.24) is 0 Å². The van der Waals surface area contributed by atoms with Crippen LogP contribution in [0.15, 0.2) is 23.6 Å². The molecule has 0 amide bonds. The summed E-state index contributed by atoms with van der Waals surface area (Å²) in [5, 5.41) is 0. The van der Waals surface area contributed by atoms with Crippen LogP contribution < -0.4 is 5.73 Å². The van der Waals surface area contributed by atoms with E-state index in [1.165, 1.54) is 14.0 Å². The number of rotatable bonds is 3. The van der Waals surface area contributed by atoms with Crippen LogP contribution in [-0.2, 0) is 9.53 Å². The molecule has 3 nitrogen and oxygen atoms in total. The van der Waals surface area contributed by atoms with Gasteiger partial charge in [-0.05, 0) is 13.0 Å². The van der Waals surface area contributed by atoms with E-state index in [9.17, 15) is 4.79 Å². The number of methoxy groups -OCH3 is 1. The van der Waals surface area contributed by atoms with Crippen molar-refractivity contribution in [2.75, 3.05) is 7.11 Å². The van der Waals surface area contributed by atoms with Gasteiger partial charge in [0.1, 0.15) is 0 Å². The van der Waals surface area contributed by atoms with E-state index >= 15 is 0 Å². The number of allylic oxidation sites excluding steroid dienone is 3. The van der Waals surface area contributed by atoms with Crippen molar-refractivity contribution in [2.45, 2.75) is 13.8 Å². The molecule has 0 unspecified atom stereocenters. The molecular formula is C8H13NO2. The lowest BCUT2D eigenvalue weighted by Gasteiger charge is -2.02. The molecule has 0 bridgehead atoms. The van der Waals surface area contributed by atoms with Crippen LogP contribution in [0.5, 0.6) is 0 Å². The molecule has 0 saturated heterocycles. The minimum Gasteiger partial charge on any atom is -0.491 e. The summed E-state index contributed by atoms with van der Waals surface area (Å²) >= 11 is 0. The summed E-state index contributed by atoms with van der Waals surface area (Å²) in [7, 11) is 1.42. The topological polar surface area (TPSA) is 52.3 Å². The highest BCUT2D eigenvalue weighted by molar-refractivity contribution is 5.92. The van der Waals surface area contributed by atoms with Gasteiger partial charge in [-0.25, -0.2) is 0 Å². The fourth-order valence-electron chi connectivity index (χ4n) is 0.720. The number of nitrogens with two attached hydrogens (primary N) is 1. The van der Waals surface area contributed by atoms with E-state index in [4.69, 9.17) is 10.5 Å². The van der Waals surface area contributed by atoms with Gasteiger partial charge in [-0.1, -0.05) is 6.08 Å². The number of carbonyl (C=O) groups is 1. The predicted molar refractivity (Wildman–Crippen MR) is 43.7 cm³/mol. The Morgan fingerprint density at radius 3 is 2.36 bits per heavy atom. The molecule has 0 radical (unpaired) electrons. The largest absolute Gasteiger partial charge is 0.491 e. The molecule has 3 heteroatoms. The minimum absolute atomic E-state index is 0.164. The number of Topliss-reactive ketones (excluding diaryl/α,β-unsaturated/α-hetero) is 1. The summed E-state index contributed by atoms with van der Waals surface area (Å²) in [4.78, 5) is 10.8. The summed E-state index contributed by atoms with van der Waals surface area (Å²) in [5.41, 5.74) is 5.85. The van der Waals surface area contributed by atoms with Crippen molar-refractivity contribution < 1.29 is 9.53 Å². The lowest BCUT2D eigenvalue weighted by atomic mass is 10.3. The highest BCUT2D eigenvalue weighted by Crippen LogP contribution is 2.02. The van der Waals surface area contributed by atoms with E-state index in [0.717, 1.165) is 0 Å². The summed E-state index contributed by atoms with van der Waals surface area (Å²) in [5.74, 6) is 0.0474. The van der Waals surface area contributed by atoms with Gasteiger partial charge >= 0.3 is 0 Å². The molecule has 0 aliphatic rings. The van der Waals surface area contributed by atoms with Gasteiger partial charge in [0, 0.05) is 6.92 Å². The van der Waals surface area contributed by atoms with Crippen LogP contribution in [-0.4, -0.2) is 12.9 Å². The van der Waals surface area contributed by atoms with Crippen molar-refractivity contribution >= 4 is 5.78 Å². The van der Waals surface area contributed by atoms with Crippen molar-refractivity contribution in [3.05, 3.63) is 23.6 Å². The SMILES string of the molecule is C/C=C\C(N)=C(\OC)C(C)=O. The molecule has 11 heavy (non-hydrogen) atoms. The number of ketones is 1. The first kappa shape index (κ1) is 9.75. The van der Waals surface area contributed by atoms with Crippen LogP contribution in [0.25, 0.3) is 0 Å². The molecule has 0 fully saturated rings. The van der Waals surface area contributed by atoms with Crippen molar-refractivity contribution in [3.8, 4) is 0 Å². The monoisotopic (exact) mass is 155 g/mol.